The number of non-ortho nitro benzene ring substituents is 1. The first kappa shape index (κ1) is 15.0. The Hall–Kier alpha value is -2.41. The fourth-order valence-electron chi connectivity index (χ4n) is 1.66. The fourth-order valence-corrected chi connectivity index (χ4v) is 2.17. The number of hydrogen-bond acceptors (Lipinski definition) is 5. The highest BCUT2D eigenvalue weighted by atomic mass is 79.9. The van der Waals surface area contributed by atoms with Gasteiger partial charge in [0.25, 0.3) is 5.69 Å². The molecule has 2 aromatic rings. The quantitative estimate of drug-likeness (QED) is 0.385. The maximum absolute atomic E-state index is 10.6. The van der Waals surface area contributed by atoms with Crippen LogP contribution in [0.3, 0.4) is 0 Å². The Morgan fingerprint density at radius 3 is 2.57 bits per heavy atom. The maximum atomic E-state index is 10.6. The monoisotopic (exact) mass is 350 g/mol. The average Bonchev–Trinajstić information content (AvgIpc) is 2.47. The average molecular weight is 351 g/mol. The molecule has 0 fully saturated rings. The molecule has 0 aliphatic carbocycles. The summed E-state index contributed by atoms with van der Waals surface area (Å²) in [6.45, 7) is 0.296. The molecule has 7 heteroatoms. The van der Waals surface area contributed by atoms with Crippen LogP contribution in [0.2, 0.25) is 0 Å². The maximum Gasteiger partial charge on any atom is 0.269 e. The van der Waals surface area contributed by atoms with Crippen LogP contribution in [0.1, 0.15) is 11.1 Å². The molecule has 0 aliphatic rings. The van der Waals surface area contributed by atoms with E-state index in [0.717, 1.165) is 15.6 Å². The molecule has 0 heterocycles. The van der Waals surface area contributed by atoms with Crippen molar-refractivity contribution in [3.63, 3.8) is 0 Å². The van der Waals surface area contributed by atoms with Gasteiger partial charge in [-0.3, -0.25) is 10.1 Å². The van der Waals surface area contributed by atoms with Gasteiger partial charge in [-0.25, -0.2) is 0 Å². The summed E-state index contributed by atoms with van der Waals surface area (Å²) in [6, 6.07) is 11.4. The lowest BCUT2D eigenvalue weighted by molar-refractivity contribution is -0.384. The number of benzene rings is 2. The van der Waals surface area contributed by atoms with E-state index in [2.05, 4.69) is 21.1 Å². The summed E-state index contributed by atoms with van der Waals surface area (Å²) in [5.74, 6) is 0.628. The molecule has 0 spiro atoms. The third-order valence-electron chi connectivity index (χ3n) is 2.70. The van der Waals surface area contributed by atoms with E-state index in [1.54, 1.807) is 30.3 Å². The van der Waals surface area contributed by atoms with Crippen molar-refractivity contribution in [1.29, 1.82) is 0 Å². The second-order valence-corrected chi connectivity index (χ2v) is 5.00. The van der Waals surface area contributed by atoms with Crippen molar-refractivity contribution in [2.24, 2.45) is 5.16 Å². The Morgan fingerprint density at radius 1 is 1.29 bits per heavy atom. The highest BCUT2D eigenvalue weighted by molar-refractivity contribution is 9.10. The van der Waals surface area contributed by atoms with E-state index in [0.29, 0.717) is 12.4 Å². The molecule has 2 rings (SSSR count). The van der Waals surface area contributed by atoms with Crippen molar-refractivity contribution >= 4 is 27.8 Å². The first-order valence-electron chi connectivity index (χ1n) is 5.93. The number of halogens is 1. The van der Waals surface area contributed by atoms with Gasteiger partial charge in [-0.1, -0.05) is 5.16 Å². The minimum atomic E-state index is -0.442. The molecule has 1 N–H and O–H groups in total. The molecular weight excluding hydrogens is 340 g/mol. The van der Waals surface area contributed by atoms with E-state index < -0.39 is 4.92 Å². The third kappa shape index (κ3) is 4.03. The normalized spacial score (nSPS) is 10.7. The van der Waals surface area contributed by atoms with Gasteiger partial charge < -0.3 is 9.94 Å². The molecule has 2 aromatic carbocycles. The van der Waals surface area contributed by atoms with Crippen LogP contribution in [0.15, 0.2) is 52.1 Å². The van der Waals surface area contributed by atoms with Gasteiger partial charge in [0.1, 0.15) is 12.4 Å². The molecule has 0 radical (unpaired) electrons. The molecule has 0 saturated heterocycles. The Balaban J connectivity index is 2.04. The summed E-state index contributed by atoms with van der Waals surface area (Å²) in [6.07, 6.45) is 1.31. The number of oxime groups is 1. The zero-order chi connectivity index (χ0) is 15.2. The zero-order valence-electron chi connectivity index (χ0n) is 10.8. The highest BCUT2D eigenvalue weighted by Crippen LogP contribution is 2.26. The molecule has 0 atom stereocenters. The van der Waals surface area contributed by atoms with Crippen LogP contribution in [0.25, 0.3) is 0 Å². The molecule has 0 aliphatic heterocycles. The van der Waals surface area contributed by atoms with Crippen molar-refractivity contribution in [2.45, 2.75) is 6.61 Å². The van der Waals surface area contributed by atoms with Crippen LogP contribution in [-0.4, -0.2) is 16.3 Å². The van der Waals surface area contributed by atoms with Gasteiger partial charge in [-0.05, 0) is 57.4 Å². The SMILES string of the molecule is O=[N+]([O-])c1ccc(COc2ccc(/C=N/O)cc2Br)cc1. The van der Waals surface area contributed by atoms with Gasteiger partial charge in [0.15, 0.2) is 0 Å². The molecular formula is C14H11BrN2O4. The van der Waals surface area contributed by atoms with Crippen molar-refractivity contribution in [3.05, 3.63) is 68.2 Å². The van der Waals surface area contributed by atoms with Crippen LogP contribution in [0, 0.1) is 10.1 Å². The first-order chi connectivity index (χ1) is 10.1. The number of rotatable bonds is 5. The van der Waals surface area contributed by atoms with Gasteiger partial charge in [0.05, 0.1) is 15.6 Å². The molecule has 108 valence electrons. The van der Waals surface area contributed by atoms with Crippen LogP contribution in [0.5, 0.6) is 5.75 Å². The van der Waals surface area contributed by atoms with E-state index >= 15 is 0 Å². The number of nitrogens with zero attached hydrogens (tertiary/aromatic N) is 2. The van der Waals surface area contributed by atoms with Crippen molar-refractivity contribution in [2.75, 3.05) is 0 Å². The summed E-state index contributed by atoms with van der Waals surface area (Å²) in [5, 5.41) is 22.0. The summed E-state index contributed by atoms with van der Waals surface area (Å²) < 4.78 is 6.36. The lowest BCUT2D eigenvalue weighted by Gasteiger charge is -2.08. The lowest BCUT2D eigenvalue weighted by atomic mass is 10.2. The first-order valence-corrected chi connectivity index (χ1v) is 6.72. The van der Waals surface area contributed by atoms with Crippen molar-refractivity contribution in [1.82, 2.24) is 0 Å². The topological polar surface area (TPSA) is 85.0 Å². The molecule has 0 bridgehead atoms. The third-order valence-corrected chi connectivity index (χ3v) is 3.32. The molecule has 0 amide bonds. The second-order valence-electron chi connectivity index (χ2n) is 4.15. The van der Waals surface area contributed by atoms with Gasteiger partial charge in [0.2, 0.25) is 0 Å². The number of nitro groups is 1. The summed E-state index contributed by atoms with van der Waals surface area (Å²) in [7, 11) is 0. The van der Waals surface area contributed by atoms with Gasteiger partial charge in [-0.15, -0.1) is 0 Å². The predicted molar refractivity (Wildman–Crippen MR) is 81.0 cm³/mol. The minimum absolute atomic E-state index is 0.0487. The summed E-state index contributed by atoms with van der Waals surface area (Å²) >= 11 is 3.36. The Bertz CT molecular complexity index is 671. The zero-order valence-corrected chi connectivity index (χ0v) is 12.4. The van der Waals surface area contributed by atoms with Crippen LogP contribution in [-0.2, 0) is 6.61 Å². The summed E-state index contributed by atoms with van der Waals surface area (Å²) in [5.41, 5.74) is 1.60. The van der Waals surface area contributed by atoms with Crippen molar-refractivity contribution < 1.29 is 14.9 Å². The molecule has 6 nitrogen and oxygen atoms in total. The molecule has 0 aromatic heterocycles. The second kappa shape index (κ2) is 6.85. The number of nitro benzene ring substituents is 1. The van der Waals surface area contributed by atoms with E-state index in [1.165, 1.54) is 18.3 Å². The Morgan fingerprint density at radius 2 is 2.00 bits per heavy atom. The minimum Gasteiger partial charge on any atom is -0.488 e. The summed E-state index contributed by atoms with van der Waals surface area (Å²) in [4.78, 5) is 10.1. The van der Waals surface area contributed by atoms with E-state index in [1.807, 2.05) is 0 Å². The van der Waals surface area contributed by atoms with Crippen molar-refractivity contribution in [3.8, 4) is 5.75 Å². The van der Waals surface area contributed by atoms with E-state index in [-0.39, 0.29) is 5.69 Å². The molecule has 0 saturated carbocycles. The van der Waals surface area contributed by atoms with Gasteiger partial charge in [0, 0.05) is 12.1 Å². The Labute approximate surface area is 128 Å². The number of ether oxygens (including phenoxy) is 1. The van der Waals surface area contributed by atoms with Crippen LogP contribution >= 0.6 is 15.9 Å². The number of hydrogen-bond donors (Lipinski definition) is 1. The fraction of sp³-hybridized carbons (Fsp3) is 0.0714. The van der Waals surface area contributed by atoms with Gasteiger partial charge >= 0.3 is 0 Å². The molecule has 21 heavy (non-hydrogen) atoms. The van der Waals surface area contributed by atoms with Crippen LogP contribution < -0.4 is 4.74 Å². The van der Waals surface area contributed by atoms with E-state index in [9.17, 15) is 10.1 Å². The largest absolute Gasteiger partial charge is 0.488 e. The standard InChI is InChI=1S/C14H11BrN2O4/c15-13-7-11(8-16-18)3-6-14(13)21-9-10-1-4-12(5-2-10)17(19)20/h1-8,18H,9H2/b16-8+. The lowest BCUT2D eigenvalue weighted by Crippen LogP contribution is -1.97. The smallest absolute Gasteiger partial charge is 0.269 e. The highest BCUT2D eigenvalue weighted by Gasteiger charge is 2.06. The van der Waals surface area contributed by atoms with Crippen LogP contribution in [0.4, 0.5) is 5.69 Å². The molecule has 0 unspecified atom stereocenters. The van der Waals surface area contributed by atoms with Gasteiger partial charge in [-0.2, -0.15) is 0 Å². The van der Waals surface area contributed by atoms with E-state index in [4.69, 9.17) is 9.94 Å². The Kier molecular flexibility index (Phi) is 4.89. The predicted octanol–water partition coefficient (Wildman–Crippen LogP) is 3.74.